The number of hydrogen-bond acceptors (Lipinski definition) is 3. The van der Waals surface area contributed by atoms with Crippen molar-refractivity contribution in [2.24, 2.45) is 17.1 Å². The summed E-state index contributed by atoms with van der Waals surface area (Å²) in [6, 6.07) is 0. The molecule has 0 bridgehead atoms. The van der Waals surface area contributed by atoms with Gasteiger partial charge in [0.25, 0.3) is 0 Å². The van der Waals surface area contributed by atoms with E-state index in [1.54, 1.807) is 0 Å². The molecule has 2 rings (SSSR count). The van der Waals surface area contributed by atoms with Gasteiger partial charge in [0.05, 0.1) is 13.2 Å². The summed E-state index contributed by atoms with van der Waals surface area (Å²) < 4.78 is 0. The Bertz CT molecular complexity index is 244. The van der Waals surface area contributed by atoms with Crippen LogP contribution in [0.1, 0.15) is 19.3 Å². The number of nitrogens with zero attached hydrogens (tertiary/aromatic N) is 1. The molecule has 2 fully saturated rings. The number of hydrogen-bond donors (Lipinski definition) is 2. The lowest BCUT2D eigenvalue weighted by Crippen LogP contribution is -2.37. The zero-order chi connectivity index (χ0) is 10.2. The second-order valence-corrected chi connectivity index (χ2v) is 4.59. The summed E-state index contributed by atoms with van der Waals surface area (Å²) in [6.07, 6.45) is 3.40. The van der Waals surface area contributed by atoms with E-state index < -0.39 is 0 Å². The van der Waals surface area contributed by atoms with Crippen molar-refractivity contribution in [3.63, 3.8) is 0 Å². The summed E-state index contributed by atoms with van der Waals surface area (Å²) in [5.74, 6) is 0.523. The van der Waals surface area contributed by atoms with Gasteiger partial charge in [-0.2, -0.15) is 0 Å². The fourth-order valence-electron chi connectivity index (χ4n) is 2.99. The molecule has 2 aliphatic rings. The predicted octanol–water partition coefficient (Wildman–Crippen LogP) is -0.434. The standard InChI is InChI=1S/C10H18N2O2/c11-4-9(14)12-5-8-2-1-3-10(8,6-12)7-13/h8,13H,1-7,11H2. The fourth-order valence-corrected chi connectivity index (χ4v) is 2.99. The normalized spacial score (nSPS) is 36.1. The number of likely N-dealkylation sites (tertiary alicyclic amines) is 1. The van der Waals surface area contributed by atoms with Crippen LogP contribution >= 0.6 is 0 Å². The van der Waals surface area contributed by atoms with Crippen LogP contribution in [0.3, 0.4) is 0 Å². The maximum Gasteiger partial charge on any atom is 0.236 e. The van der Waals surface area contributed by atoms with Crippen LogP contribution in [0.5, 0.6) is 0 Å². The van der Waals surface area contributed by atoms with Gasteiger partial charge >= 0.3 is 0 Å². The Balaban J connectivity index is 2.08. The lowest BCUT2D eigenvalue weighted by molar-refractivity contribution is -0.129. The van der Waals surface area contributed by atoms with Gasteiger partial charge in [-0.05, 0) is 18.8 Å². The van der Waals surface area contributed by atoms with Crippen molar-refractivity contribution in [3.8, 4) is 0 Å². The minimum absolute atomic E-state index is 0.00479. The lowest BCUT2D eigenvalue weighted by atomic mass is 9.82. The summed E-state index contributed by atoms with van der Waals surface area (Å²) >= 11 is 0. The van der Waals surface area contributed by atoms with Crippen molar-refractivity contribution in [2.45, 2.75) is 19.3 Å². The Morgan fingerprint density at radius 1 is 1.64 bits per heavy atom. The third-order valence-electron chi connectivity index (χ3n) is 3.88. The van der Waals surface area contributed by atoms with Gasteiger partial charge in [-0.1, -0.05) is 6.42 Å². The predicted molar refractivity (Wildman–Crippen MR) is 52.5 cm³/mol. The fraction of sp³-hybridized carbons (Fsp3) is 0.900. The van der Waals surface area contributed by atoms with Crippen molar-refractivity contribution in [1.82, 2.24) is 4.90 Å². The highest BCUT2D eigenvalue weighted by Gasteiger charge is 2.49. The number of aliphatic hydroxyl groups is 1. The van der Waals surface area contributed by atoms with Gasteiger partial charge < -0.3 is 15.7 Å². The van der Waals surface area contributed by atoms with Crippen LogP contribution in [0.25, 0.3) is 0 Å². The number of amides is 1. The zero-order valence-corrected chi connectivity index (χ0v) is 8.41. The number of rotatable bonds is 2. The molecular weight excluding hydrogens is 180 g/mol. The van der Waals surface area contributed by atoms with Crippen LogP contribution in [0.2, 0.25) is 0 Å². The number of carbonyl (C=O) groups excluding carboxylic acids is 1. The van der Waals surface area contributed by atoms with Gasteiger partial charge in [-0.3, -0.25) is 4.79 Å². The first-order chi connectivity index (χ1) is 6.72. The average Bonchev–Trinajstić information content (AvgIpc) is 2.72. The van der Waals surface area contributed by atoms with Crippen LogP contribution in [0, 0.1) is 11.3 Å². The van der Waals surface area contributed by atoms with E-state index in [0.717, 1.165) is 19.4 Å². The van der Waals surface area contributed by atoms with Gasteiger partial charge in [0.15, 0.2) is 0 Å². The molecule has 2 atom stereocenters. The van der Waals surface area contributed by atoms with Gasteiger partial charge in [-0.25, -0.2) is 0 Å². The molecule has 4 heteroatoms. The van der Waals surface area contributed by atoms with E-state index in [2.05, 4.69) is 0 Å². The zero-order valence-electron chi connectivity index (χ0n) is 8.41. The largest absolute Gasteiger partial charge is 0.396 e. The number of fused-ring (bicyclic) bond motifs is 1. The minimum atomic E-state index is 0.00479. The molecule has 0 aromatic heterocycles. The monoisotopic (exact) mass is 198 g/mol. The first kappa shape index (κ1) is 9.93. The maximum atomic E-state index is 11.4. The molecule has 14 heavy (non-hydrogen) atoms. The summed E-state index contributed by atoms with van der Waals surface area (Å²) in [7, 11) is 0. The van der Waals surface area contributed by atoms with E-state index in [1.165, 1.54) is 6.42 Å². The first-order valence-electron chi connectivity index (χ1n) is 5.30. The molecule has 1 aliphatic carbocycles. The summed E-state index contributed by atoms with van der Waals surface area (Å²) in [5.41, 5.74) is 5.34. The van der Waals surface area contributed by atoms with Crippen LogP contribution in [0.15, 0.2) is 0 Å². The number of carbonyl (C=O) groups is 1. The Morgan fingerprint density at radius 2 is 2.43 bits per heavy atom. The lowest BCUT2D eigenvalue weighted by Gasteiger charge is -2.25. The second kappa shape index (κ2) is 3.51. The molecule has 2 unspecified atom stereocenters. The minimum Gasteiger partial charge on any atom is -0.396 e. The molecule has 1 heterocycles. The van der Waals surface area contributed by atoms with E-state index in [4.69, 9.17) is 5.73 Å². The Kier molecular flexibility index (Phi) is 2.49. The van der Waals surface area contributed by atoms with E-state index >= 15 is 0 Å². The molecule has 80 valence electrons. The summed E-state index contributed by atoms with van der Waals surface area (Å²) in [5, 5.41) is 9.43. The Labute approximate surface area is 84.1 Å². The molecule has 1 saturated carbocycles. The average molecular weight is 198 g/mol. The molecule has 0 aromatic carbocycles. The van der Waals surface area contributed by atoms with Crippen molar-refractivity contribution < 1.29 is 9.90 Å². The third kappa shape index (κ3) is 1.33. The van der Waals surface area contributed by atoms with Crippen LogP contribution in [-0.2, 0) is 4.79 Å². The Hall–Kier alpha value is -0.610. The molecule has 1 saturated heterocycles. The van der Waals surface area contributed by atoms with Gasteiger partial charge in [0, 0.05) is 18.5 Å². The smallest absolute Gasteiger partial charge is 0.236 e. The van der Waals surface area contributed by atoms with Crippen LogP contribution in [0.4, 0.5) is 0 Å². The van der Waals surface area contributed by atoms with Gasteiger partial charge in [0.1, 0.15) is 0 Å². The highest BCUT2D eigenvalue weighted by atomic mass is 16.3. The highest BCUT2D eigenvalue weighted by molar-refractivity contribution is 5.78. The quantitative estimate of drug-likeness (QED) is 0.632. The van der Waals surface area contributed by atoms with Crippen molar-refractivity contribution in [3.05, 3.63) is 0 Å². The molecule has 0 spiro atoms. The van der Waals surface area contributed by atoms with Gasteiger partial charge in [-0.15, -0.1) is 0 Å². The van der Waals surface area contributed by atoms with Gasteiger partial charge in [0.2, 0.25) is 5.91 Å². The molecule has 3 N–H and O–H groups in total. The summed E-state index contributed by atoms with van der Waals surface area (Å²) in [4.78, 5) is 13.2. The van der Waals surface area contributed by atoms with E-state index in [1.807, 2.05) is 4.90 Å². The number of aliphatic hydroxyl groups excluding tert-OH is 1. The maximum absolute atomic E-state index is 11.4. The van der Waals surface area contributed by atoms with Crippen LogP contribution in [-0.4, -0.2) is 42.2 Å². The molecular formula is C10H18N2O2. The van der Waals surface area contributed by atoms with Crippen molar-refractivity contribution >= 4 is 5.91 Å². The van der Waals surface area contributed by atoms with Crippen LogP contribution < -0.4 is 5.73 Å². The molecule has 0 aromatic rings. The molecule has 4 nitrogen and oxygen atoms in total. The molecule has 1 amide bonds. The van der Waals surface area contributed by atoms with E-state index in [-0.39, 0.29) is 24.5 Å². The second-order valence-electron chi connectivity index (χ2n) is 4.59. The topological polar surface area (TPSA) is 66.6 Å². The van der Waals surface area contributed by atoms with E-state index in [0.29, 0.717) is 12.5 Å². The van der Waals surface area contributed by atoms with E-state index in [9.17, 15) is 9.90 Å². The summed E-state index contributed by atoms with van der Waals surface area (Å²) in [6.45, 7) is 1.82. The molecule has 1 aliphatic heterocycles. The highest BCUT2D eigenvalue weighted by Crippen LogP contribution is 2.48. The van der Waals surface area contributed by atoms with Crippen molar-refractivity contribution in [2.75, 3.05) is 26.2 Å². The SMILES string of the molecule is NCC(=O)N1CC2CCCC2(CO)C1. The third-order valence-corrected chi connectivity index (χ3v) is 3.88. The first-order valence-corrected chi connectivity index (χ1v) is 5.30. The van der Waals surface area contributed by atoms with Crippen molar-refractivity contribution in [1.29, 1.82) is 0 Å². The number of nitrogens with two attached hydrogens (primary N) is 1. The Morgan fingerprint density at radius 3 is 3.00 bits per heavy atom. The molecule has 0 radical (unpaired) electrons.